The SMILES string of the molecule is C#CC#Cc1ccc(OCC)cc1. The number of hydrogen-bond acceptors (Lipinski definition) is 1. The van der Waals surface area contributed by atoms with Crippen molar-refractivity contribution in [1.29, 1.82) is 0 Å². The average molecular weight is 170 g/mol. The summed E-state index contributed by atoms with van der Waals surface area (Å²) in [4.78, 5) is 0. The molecule has 0 bridgehead atoms. The second-order valence-electron chi connectivity index (χ2n) is 2.35. The molecule has 0 N–H and O–H groups in total. The fourth-order valence-electron chi connectivity index (χ4n) is 0.909. The van der Waals surface area contributed by atoms with Crippen LogP contribution in [0, 0.1) is 24.2 Å². The monoisotopic (exact) mass is 170 g/mol. The fourth-order valence-corrected chi connectivity index (χ4v) is 0.909. The molecular formula is C12H10O. The lowest BCUT2D eigenvalue weighted by Gasteiger charge is -2.00. The van der Waals surface area contributed by atoms with Crippen molar-refractivity contribution in [3.05, 3.63) is 29.8 Å². The summed E-state index contributed by atoms with van der Waals surface area (Å²) >= 11 is 0. The summed E-state index contributed by atoms with van der Waals surface area (Å²) in [7, 11) is 0. The van der Waals surface area contributed by atoms with E-state index in [9.17, 15) is 0 Å². The minimum absolute atomic E-state index is 0.676. The first-order chi connectivity index (χ1) is 6.36. The third-order valence-electron chi connectivity index (χ3n) is 1.44. The smallest absolute Gasteiger partial charge is 0.119 e. The Morgan fingerprint density at radius 2 is 2.00 bits per heavy atom. The second-order valence-corrected chi connectivity index (χ2v) is 2.35. The molecule has 0 atom stereocenters. The van der Waals surface area contributed by atoms with Crippen molar-refractivity contribution < 1.29 is 4.74 Å². The number of terminal acetylenes is 1. The predicted octanol–water partition coefficient (Wildman–Crippen LogP) is 2.07. The molecule has 1 nitrogen and oxygen atoms in total. The highest BCUT2D eigenvalue weighted by Gasteiger charge is 1.90. The van der Waals surface area contributed by atoms with E-state index in [-0.39, 0.29) is 0 Å². The molecule has 0 heterocycles. The van der Waals surface area contributed by atoms with Gasteiger partial charge in [-0.2, -0.15) is 0 Å². The molecule has 0 fully saturated rings. The van der Waals surface area contributed by atoms with Gasteiger partial charge in [0.05, 0.1) is 6.61 Å². The molecular weight excluding hydrogens is 160 g/mol. The van der Waals surface area contributed by atoms with Crippen molar-refractivity contribution in [3.8, 4) is 29.9 Å². The van der Waals surface area contributed by atoms with E-state index in [1.165, 1.54) is 0 Å². The molecule has 1 aromatic rings. The molecule has 0 saturated heterocycles. The van der Waals surface area contributed by atoms with Crippen molar-refractivity contribution in [1.82, 2.24) is 0 Å². The topological polar surface area (TPSA) is 9.23 Å². The molecule has 0 amide bonds. The average Bonchev–Trinajstić information content (AvgIpc) is 2.17. The number of hydrogen-bond donors (Lipinski definition) is 0. The van der Waals surface area contributed by atoms with Crippen LogP contribution in [0.3, 0.4) is 0 Å². The molecule has 13 heavy (non-hydrogen) atoms. The molecule has 0 aliphatic rings. The number of ether oxygens (including phenoxy) is 1. The Kier molecular flexibility index (Phi) is 3.48. The van der Waals surface area contributed by atoms with Gasteiger partial charge in [-0.25, -0.2) is 0 Å². The van der Waals surface area contributed by atoms with Crippen molar-refractivity contribution in [3.63, 3.8) is 0 Å². The predicted molar refractivity (Wildman–Crippen MR) is 53.3 cm³/mol. The van der Waals surface area contributed by atoms with E-state index in [1.54, 1.807) is 0 Å². The summed E-state index contributed by atoms with van der Waals surface area (Å²) in [5.41, 5.74) is 0.904. The molecule has 0 radical (unpaired) electrons. The first-order valence-corrected chi connectivity index (χ1v) is 4.06. The Morgan fingerprint density at radius 3 is 2.54 bits per heavy atom. The Morgan fingerprint density at radius 1 is 1.31 bits per heavy atom. The van der Waals surface area contributed by atoms with Crippen LogP contribution >= 0.6 is 0 Å². The van der Waals surface area contributed by atoms with E-state index in [1.807, 2.05) is 31.2 Å². The van der Waals surface area contributed by atoms with Crippen LogP contribution in [0.4, 0.5) is 0 Å². The van der Waals surface area contributed by atoms with E-state index in [4.69, 9.17) is 11.2 Å². The number of benzene rings is 1. The standard InChI is InChI=1S/C12H10O/c1-3-5-6-11-7-9-12(10-8-11)13-4-2/h1,7-10H,4H2,2H3. The Bertz CT molecular complexity index is 357. The van der Waals surface area contributed by atoms with Crippen molar-refractivity contribution >= 4 is 0 Å². The highest BCUT2D eigenvalue weighted by Crippen LogP contribution is 2.10. The zero-order chi connectivity index (χ0) is 9.52. The van der Waals surface area contributed by atoms with Gasteiger partial charge in [-0.15, -0.1) is 6.42 Å². The van der Waals surface area contributed by atoms with Crippen LogP contribution in [0.15, 0.2) is 24.3 Å². The van der Waals surface area contributed by atoms with E-state index in [0.29, 0.717) is 6.61 Å². The minimum Gasteiger partial charge on any atom is -0.494 e. The second kappa shape index (κ2) is 4.91. The maximum absolute atomic E-state index is 5.28. The van der Waals surface area contributed by atoms with Crippen LogP contribution in [-0.2, 0) is 0 Å². The lowest BCUT2D eigenvalue weighted by Crippen LogP contribution is -1.90. The fraction of sp³-hybridized carbons (Fsp3) is 0.167. The highest BCUT2D eigenvalue weighted by atomic mass is 16.5. The van der Waals surface area contributed by atoms with Crippen LogP contribution in [0.1, 0.15) is 12.5 Å². The summed E-state index contributed by atoms with van der Waals surface area (Å²) < 4.78 is 5.28. The van der Waals surface area contributed by atoms with Gasteiger partial charge in [0.25, 0.3) is 0 Å². The van der Waals surface area contributed by atoms with E-state index in [2.05, 4.69) is 17.8 Å². The van der Waals surface area contributed by atoms with Gasteiger partial charge in [0.1, 0.15) is 5.75 Å². The third kappa shape index (κ3) is 2.93. The molecule has 0 spiro atoms. The van der Waals surface area contributed by atoms with Gasteiger partial charge in [-0.05, 0) is 43.0 Å². The lowest BCUT2D eigenvalue weighted by molar-refractivity contribution is 0.340. The van der Waals surface area contributed by atoms with Crippen LogP contribution < -0.4 is 4.74 Å². The van der Waals surface area contributed by atoms with Crippen molar-refractivity contribution in [2.45, 2.75) is 6.92 Å². The van der Waals surface area contributed by atoms with Gasteiger partial charge in [0, 0.05) is 5.56 Å². The van der Waals surface area contributed by atoms with Gasteiger partial charge in [0.2, 0.25) is 0 Å². The highest BCUT2D eigenvalue weighted by molar-refractivity contribution is 5.41. The summed E-state index contributed by atoms with van der Waals surface area (Å²) in [5.74, 6) is 8.49. The van der Waals surface area contributed by atoms with E-state index < -0.39 is 0 Å². The van der Waals surface area contributed by atoms with Gasteiger partial charge >= 0.3 is 0 Å². The van der Waals surface area contributed by atoms with Crippen LogP contribution in [0.5, 0.6) is 5.75 Å². The quantitative estimate of drug-likeness (QED) is 0.617. The van der Waals surface area contributed by atoms with Gasteiger partial charge < -0.3 is 4.74 Å². The molecule has 64 valence electrons. The van der Waals surface area contributed by atoms with Crippen molar-refractivity contribution in [2.75, 3.05) is 6.61 Å². The normalized spacial score (nSPS) is 8.00. The lowest BCUT2D eigenvalue weighted by atomic mass is 10.2. The molecule has 1 heteroatoms. The maximum Gasteiger partial charge on any atom is 0.119 e. The van der Waals surface area contributed by atoms with Crippen LogP contribution in [0.2, 0.25) is 0 Å². The van der Waals surface area contributed by atoms with Gasteiger partial charge in [0.15, 0.2) is 0 Å². The molecule has 0 unspecified atom stereocenters. The largest absolute Gasteiger partial charge is 0.494 e. The molecule has 0 saturated carbocycles. The molecule has 1 aromatic carbocycles. The Hall–Kier alpha value is -1.86. The van der Waals surface area contributed by atoms with Crippen LogP contribution in [0.25, 0.3) is 0 Å². The number of rotatable bonds is 2. The molecule has 0 aliphatic heterocycles. The Balaban J connectivity index is 2.76. The molecule has 0 aliphatic carbocycles. The summed E-state index contributed by atoms with van der Waals surface area (Å²) in [5, 5.41) is 0. The first kappa shape index (κ1) is 9.23. The first-order valence-electron chi connectivity index (χ1n) is 4.06. The zero-order valence-corrected chi connectivity index (χ0v) is 7.50. The Labute approximate surface area is 78.7 Å². The summed E-state index contributed by atoms with van der Waals surface area (Å²) in [6.45, 7) is 2.63. The van der Waals surface area contributed by atoms with E-state index >= 15 is 0 Å². The summed E-state index contributed by atoms with van der Waals surface area (Å²) in [6.07, 6.45) is 5.01. The zero-order valence-electron chi connectivity index (χ0n) is 7.50. The maximum atomic E-state index is 5.28. The summed E-state index contributed by atoms with van der Waals surface area (Å²) in [6, 6.07) is 7.53. The molecule has 0 aromatic heterocycles. The van der Waals surface area contributed by atoms with Gasteiger partial charge in [-0.3, -0.25) is 0 Å². The van der Waals surface area contributed by atoms with Crippen molar-refractivity contribution in [2.24, 2.45) is 0 Å². The van der Waals surface area contributed by atoms with Crippen LogP contribution in [-0.4, -0.2) is 6.61 Å². The minimum atomic E-state index is 0.676. The van der Waals surface area contributed by atoms with Gasteiger partial charge in [-0.1, -0.05) is 5.92 Å². The molecule has 1 rings (SSSR count). The van der Waals surface area contributed by atoms with E-state index in [0.717, 1.165) is 11.3 Å². The third-order valence-corrected chi connectivity index (χ3v) is 1.44.